The molecule has 1 saturated carbocycles. The van der Waals surface area contributed by atoms with Crippen LogP contribution < -0.4 is 10.6 Å². The highest BCUT2D eigenvalue weighted by molar-refractivity contribution is 7.15. The number of thiophene rings is 1. The number of hydrogen-bond acceptors (Lipinski definition) is 7. The Morgan fingerprint density at radius 3 is 2.87 bits per heavy atom. The SMILES string of the molecule is CNc1nc2c(s1)C[C@@H]1[C@](C)(CO)[C@H](O)CC[C@@]1(C)[C@@H]2CC(=O)NCc1cccs1. The third kappa shape index (κ3) is 3.57. The molecule has 1 amide bonds. The van der Waals surface area contributed by atoms with Gasteiger partial charge in [0, 0.05) is 34.6 Å². The maximum atomic E-state index is 13.0. The van der Waals surface area contributed by atoms with Crippen LogP contribution in [0.2, 0.25) is 0 Å². The largest absolute Gasteiger partial charge is 0.396 e. The predicted octanol–water partition coefficient (Wildman–Crippen LogP) is 3.37. The topological polar surface area (TPSA) is 94.5 Å². The summed E-state index contributed by atoms with van der Waals surface area (Å²) in [6.45, 7) is 4.72. The standard InChI is InChI=1S/C22H31N3O3S2/c1-21-7-6-17(27)22(2,12-26)16(21)10-15-19(25-20(23-3)30-15)14(21)9-18(28)24-11-13-5-4-8-29-13/h4-5,8,14,16-17,26-27H,6-7,9-12H2,1-3H3,(H,23,25)(H,24,28)/t14-,16+,17-,21+,22+/m1/s1. The van der Waals surface area contributed by atoms with Crippen molar-refractivity contribution < 1.29 is 15.0 Å². The molecule has 1 fully saturated rings. The molecule has 0 bridgehead atoms. The van der Waals surface area contributed by atoms with Gasteiger partial charge in [0.2, 0.25) is 5.91 Å². The van der Waals surface area contributed by atoms with Gasteiger partial charge in [0.05, 0.1) is 24.9 Å². The smallest absolute Gasteiger partial charge is 0.220 e. The number of nitrogens with one attached hydrogen (secondary N) is 2. The van der Waals surface area contributed by atoms with Crippen molar-refractivity contribution >= 4 is 33.7 Å². The third-order valence-corrected chi connectivity index (χ3v) is 9.52. The van der Waals surface area contributed by atoms with E-state index in [1.54, 1.807) is 22.7 Å². The number of fused-ring (bicyclic) bond motifs is 2. The van der Waals surface area contributed by atoms with Gasteiger partial charge >= 0.3 is 0 Å². The van der Waals surface area contributed by atoms with E-state index in [2.05, 4.69) is 17.6 Å². The summed E-state index contributed by atoms with van der Waals surface area (Å²) in [5.41, 5.74) is 0.231. The zero-order valence-corrected chi connectivity index (χ0v) is 19.4. The molecule has 4 N–H and O–H groups in total. The summed E-state index contributed by atoms with van der Waals surface area (Å²) >= 11 is 3.27. The third-order valence-electron chi connectivity index (χ3n) is 7.54. The van der Waals surface area contributed by atoms with Crippen LogP contribution in [0.25, 0.3) is 0 Å². The van der Waals surface area contributed by atoms with Crippen molar-refractivity contribution in [2.75, 3.05) is 19.0 Å². The van der Waals surface area contributed by atoms with E-state index in [1.807, 2.05) is 31.5 Å². The fourth-order valence-corrected chi connectivity index (χ4v) is 7.28. The van der Waals surface area contributed by atoms with E-state index in [0.717, 1.165) is 28.5 Å². The van der Waals surface area contributed by atoms with Crippen molar-refractivity contribution in [1.29, 1.82) is 0 Å². The van der Waals surface area contributed by atoms with Crippen molar-refractivity contribution in [2.24, 2.45) is 16.7 Å². The van der Waals surface area contributed by atoms with Gasteiger partial charge in [0.15, 0.2) is 5.13 Å². The molecule has 2 heterocycles. The average Bonchev–Trinajstić information content (AvgIpc) is 3.40. The molecule has 0 radical (unpaired) electrons. The molecule has 164 valence electrons. The summed E-state index contributed by atoms with van der Waals surface area (Å²) in [6.07, 6.45) is 2.08. The summed E-state index contributed by atoms with van der Waals surface area (Å²) in [6, 6.07) is 4.01. The zero-order chi connectivity index (χ0) is 21.5. The second kappa shape index (κ2) is 8.22. The van der Waals surface area contributed by atoms with E-state index in [-0.39, 0.29) is 29.8 Å². The summed E-state index contributed by atoms with van der Waals surface area (Å²) < 4.78 is 0. The summed E-state index contributed by atoms with van der Waals surface area (Å²) in [4.78, 5) is 20.1. The van der Waals surface area contributed by atoms with Gasteiger partial charge in [-0.15, -0.1) is 22.7 Å². The first-order valence-electron chi connectivity index (χ1n) is 10.6. The van der Waals surface area contributed by atoms with E-state index in [1.165, 1.54) is 4.88 Å². The molecule has 6 nitrogen and oxygen atoms in total. The lowest BCUT2D eigenvalue weighted by atomic mass is 9.47. The second-order valence-corrected chi connectivity index (χ2v) is 11.3. The molecular formula is C22H31N3O3S2. The van der Waals surface area contributed by atoms with Gasteiger partial charge in [0.1, 0.15) is 0 Å². The minimum absolute atomic E-state index is 0.0251. The van der Waals surface area contributed by atoms with Gasteiger partial charge in [-0.3, -0.25) is 4.79 Å². The first kappa shape index (κ1) is 21.7. The molecule has 0 aromatic carbocycles. The first-order valence-corrected chi connectivity index (χ1v) is 12.3. The summed E-state index contributed by atoms with van der Waals surface area (Å²) in [5.74, 6) is 0.0786. The molecule has 30 heavy (non-hydrogen) atoms. The van der Waals surface area contributed by atoms with E-state index in [0.29, 0.717) is 19.4 Å². The Morgan fingerprint density at radius 1 is 1.40 bits per heavy atom. The van der Waals surface area contributed by atoms with Crippen LogP contribution in [0.3, 0.4) is 0 Å². The van der Waals surface area contributed by atoms with Crippen molar-refractivity contribution in [1.82, 2.24) is 10.3 Å². The number of anilines is 1. The maximum absolute atomic E-state index is 13.0. The predicted molar refractivity (Wildman–Crippen MR) is 121 cm³/mol. The fourth-order valence-electron chi connectivity index (χ4n) is 5.61. The Balaban J connectivity index is 1.66. The van der Waals surface area contributed by atoms with Gasteiger partial charge in [-0.05, 0) is 42.0 Å². The number of aliphatic hydroxyl groups excluding tert-OH is 2. The van der Waals surface area contributed by atoms with Gasteiger partial charge < -0.3 is 20.8 Å². The summed E-state index contributed by atoms with van der Waals surface area (Å²) in [5, 5.41) is 30.1. The second-order valence-electron chi connectivity index (χ2n) is 9.17. The molecule has 2 aliphatic carbocycles. The van der Waals surface area contributed by atoms with Crippen molar-refractivity contribution in [3.8, 4) is 0 Å². The molecule has 2 aliphatic rings. The highest BCUT2D eigenvalue weighted by atomic mass is 32.1. The molecular weight excluding hydrogens is 418 g/mol. The van der Waals surface area contributed by atoms with Crippen LogP contribution >= 0.6 is 22.7 Å². The number of hydrogen-bond donors (Lipinski definition) is 4. The van der Waals surface area contributed by atoms with E-state index < -0.39 is 11.5 Å². The molecule has 0 aliphatic heterocycles. The fraction of sp³-hybridized carbons (Fsp3) is 0.636. The van der Waals surface area contributed by atoms with Gasteiger partial charge in [0.25, 0.3) is 0 Å². The van der Waals surface area contributed by atoms with Crippen molar-refractivity contribution in [3.63, 3.8) is 0 Å². The Morgan fingerprint density at radius 2 is 2.20 bits per heavy atom. The Hall–Kier alpha value is -1.48. The highest BCUT2D eigenvalue weighted by Gasteiger charge is 2.59. The Bertz CT molecular complexity index is 900. The number of amides is 1. The van der Waals surface area contributed by atoms with Gasteiger partial charge in [-0.25, -0.2) is 4.98 Å². The lowest BCUT2D eigenvalue weighted by Gasteiger charge is -2.58. The zero-order valence-electron chi connectivity index (χ0n) is 17.8. The number of carbonyl (C=O) groups excluding carboxylic acids is 1. The van der Waals surface area contributed by atoms with Gasteiger partial charge in [-0.1, -0.05) is 19.9 Å². The van der Waals surface area contributed by atoms with Crippen molar-refractivity contribution in [2.45, 2.75) is 58.1 Å². The van der Waals surface area contributed by atoms with Crippen LogP contribution in [-0.2, 0) is 17.8 Å². The number of aromatic nitrogens is 1. The van der Waals surface area contributed by atoms with Crippen LogP contribution in [0.1, 0.15) is 54.5 Å². The molecule has 2 aromatic heterocycles. The average molecular weight is 450 g/mol. The molecule has 2 aromatic rings. The van der Waals surface area contributed by atoms with Gasteiger partial charge in [-0.2, -0.15) is 0 Å². The maximum Gasteiger partial charge on any atom is 0.220 e. The van der Waals surface area contributed by atoms with Crippen LogP contribution in [0.4, 0.5) is 5.13 Å². The lowest BCUT2D eigenvalue weighted by Crippen LogP contribution is -2.57. The van der Waals surface area contributed by atoms with Crippen molar-refractivity contribution in [3.05, 3.63) is 33.0 Å². The minimum atomic E-state index is -0.583. The molecule has 5 atom stereocenters. The number of aliphatic hydroxyl groups is 2. The van der Waals surface area contributed by atoms with E-state index >= 15 is 0 Å². The highest BCUT2D eigenvalue weighted by Crippen LogP contribution is 2.62. The molecule has 4 rings (SSSR count). The molecule has 8 heteroatoms. The quantitative estimate of drug-likeness (QED) is 0.542. The Labute approximate surface area is 185 Å². The molecule has 0 spiro atoms. The van der Waals surface area contributed by atoms with E-state index in [9.17, 15) is 15.0 Å². The van der Waals surface area contributed by atoms with E-state index in [4.69, 9.17) is 4.98 Å². The number of rotatable bonds is 6. The lowest BCUT2D eigenvalue weighted by molar-refractivity contribution is -0.144. The monoisotopic (exact) mass is 449 g/mol. The normalized spacial score (nSPS) is 32.9. The number of carbonyl (C=O) groups is 1. The number of nitrogens with zero attached hydrogens (tertiary/aromatic N) is 1. The first-order chi connectivity index (χ1) is 14.3. The van der Waals surface area contributed by atoms with Crippen LogP contribution in [-0.4, -0.2) is 40.9 Å². The van der Waals surface area contributed by atoms with Crippen LogP contribution in [0, 0.1) is 16.7 Å². The Kier molecular flexibility index (Phi) is 5.96. The molecule has 0 unspecified atom stereocenters. The number of thiazole rings is 1. The summed E-state index contributed by atoms with van der Waals surface area (Å²) in [7, 11) is 1.86. The minimum Gasteiger partial charge on any atom is -0.396 e. The van der Waals surface area contributed by atoms with Crippen LogP contribution in [0.15, 0.2) is 17.5 Å². The molecule has 0 saturated heterocycles. The van der Waals surface area contributed by atoms with Crippen LogP contribution in [0.5, 0.6) is 0 Å².